The van der Waals surface area contributed by atoms with E-state index in [2.05, 4.69) is 31.9 Å². The minimum Gasteiger partial charge on any atom is -0.481 e. The molecule has 1 aromatic heterocycles. The molecule has 0 bridgehead atoms. The SMILES string of the molecule is C=C1COc2c(OC(F)(F)F)cc(-c3nc(Nc4ccc5c(c4)CNCC5)ncc3F)cc2N1C(C)C. The molecule has 2 aliphatic rings. The topological polar surface area (TPSA) is 71.5 Å². The molecule has 0 amide bonds. The van der Waals surface area contributed by atoms with E-state index >= 15 is 0 Å². The number of rotatable bonds is 5. The molecule has 0 saturated heterocycles. The van der Waals surface area contributed by atoms with E-state index in [0.717, 1.165) is 37.3 Å². The van der Waals surface area contributed by atoms with Crippen LogP contribution in [0, 0.1) is 5.82 Å². The van der Waals surface area contributed by atoms with Crippen LogP contribution < -0.4 is 25.0 Å². The summed E-state index contributed by atoms with van der Waals surface area (Å²) in [7, 11) is 0. The summed E-state index contributed by atoms with van der Waals surface area (Å²) < 4.78 is 64.6. The molecule has 0 saturated carbocycles. The van der Waals surface area contributed by atoms with E-state index in [9.17, 15) is 17.6 Å². The van der Waals surface area contributed by atoms with Crippen molar-refractivity contribution in [1.29, 1.82) is 0 Å². The minimum atomic E-state index is -4.98. The van der Waals surface area contributed by atoms with Crippen LogP contribution in [0.25, 0.3) is 11.3 Å². The number of alkyl halides is 3. The minimum absolute atomic E-state index is 0.00895. The Morgan fingerprint density at radius 3 is 2.76 bits per heavy atom. The molecule has 2 aromatic carbocycles. The number of anilines is 3. The number of ether oxygens (including phenoxy) is 2. The van der Waals surface area contributed by atoms with Crippen LogP contribution in [0.4, 0.5) is 34.9 Å². The van der Waals surface area contributed by atoms with Crippen LogP contribution in [-0.2, 0) is 13.0 Å². The molecule has 0 fully saturated rings. The second-order valence-electron chi connectivity index (χ2n) is 9.11. The summed E-state index contributed by atoms with van der Waals surface area (Å²) in [6, 6.07) is 8.29. The Bertz CT molecular complexity index is 1360. The Morgan fingerprint density at radius 2 is 2.00 bits per heavy atom. The number of hydrogen-bond acceptors (Lipinski definition) is 7. The molecule has 5 rings (SSSR count). The van der Waals surface area contributed by atoms with E-state index < -0.39 is 17.9 Å². The number of nitrogens with zero attached hydrogens (tertiary/aromatic N) is 3. The van der Waals surface area contributed by atoms with Crippen molar-refractivity contribution >= 4 is 17.3 Å². The van der Waals surface area contributed by atoms with E-state index in [1.54, 1.807) is 4.90 Å². The Kier molecular flexibility index (Phi) is 6.40. The van der Waals surface area contributed by atoms with Crippen LogP contribution in [0.3, 0.4) is 0 Å². The molecule has 0 spiro atoms. The average Bonchev–Trinajstić information content (AvgIpc) is 2.83. The predicted molar refractivity (Wildman–Crippen MR) is 131 cm³/mol. The number of benzene rings is 2. The Labute approximate surface area is 211 Å². The molecule has 0 unspecified atom stereocenters. The lowest BCUT2D eigenvalue weighted by Crippen LogP contribution is -2.36. The molecule has 0 atom stereocenters. The summed E-state index contributed by atoms with van der Waals surface area (Å²) in [6.45, 7) is 9.31. The van der Waals surface area contributed by atoms with E-state index in [1.165, 1.54) is 11.6 Å². The highest BCUT2D eigenvalue weighted by molar-refractivity contribution is 5.78. The van der Waals surface area contributed by atoms with Crippen molar-refractivity contribution in [3.05, 3.63) is 65.7 Å². The average molecular weight is 516 g/mol. The zero-order valence-electron chi connectivity index (χ0n) is 20.2. The van der Waals surface area contributed by atoms with Crippen molar-refractivity contribution in [2.24, 2.45) is 0 Å². The molecule has 3 aromatic rings. The number of hydrogen-bond donors (Lipinski definition) is 2. The van der Waals surface area contributed by atoms with Crippen LogP contribution in [0.2, 0.25) is 0 Å². The molecule has 2 aliphatic heterocycles. The van der Waals surface area contributed by atoms with E-state index in [0.29, 0.717) is 11.4 Å². The van der Waals surface area contributed by atoms with Gasteiger partial charge in [0.25, 0.3) is 0 Å². The van der Waals surface area contributed by atoms with Crippen molar-refractivity contribution in [2.45, 2.75) is 39.2 Å². The van der Waals surface area contributed by atoms with Crippen LogP contribution in [0.5, 0.6) is 11.5 Å². The number of fused-ring (bicyclic) bond motifs is 2. The maximum Gasteiger partial charge on any atom is 0.573 e. The van der Waals surface area contributed by atoms with Crippen LogP contribution in [0.1, 0.15) is 25.0 Å². The summed E-state index contributed by atoms with van der Waals surface area (Å²) >= 11 is 0. The van der Waals surface area contributed by atoms with Gasteiger partial charge in [0.1, 0.15) is 12.3 Å². The molecule has 0 aliphatic carbocycles. The fourth-order valence-corrected chi connectivity index (χ4v) is 4.60. The normalized spacial score (nSPS) is 15.2. The summed E-state index contributed by atoms with van der Waals surface area (Å²) in [5, 5.41) is 6.37. The third-order valence-corrected chi connectivity index (χ3v) is 6.13. The van der Waals surface area contributed by atoms with E-state index in [1.807, 2.05) is 32.0 Å². The maximum absolute atomic E-state index is 15.0. The van der Waals surface area contributed by atoms with Gasteiger partial charge in [0.15, 0.2) is 17.3 Å². The first-order valence-electron chi connectivity index (χ1n) is 11.7. The molecular formula is C26H25F4N5O2. The standard InChI is InChI=1S/C26H25F4N5O2/c1-14(2)35-15(3)13-36-24-21(35)9-17(10-22(24)37-26(28,29)30)23-20(27)12-32-25(34-23)33-19-5-4-16-6-7-31-11-18(16)8-19/h4-5,8-10,12,14,31H,3,6-7,11,13H2,1-2H3,(H,32,33,34). The Hall–Kier alpha value is -3.86. The van der Waals surface area contributed by atoms with Crippen molar-refractivity contribution in [3.8, 4) is 22.8 Å². The highest BCUT2D eigenvalue weighted by Gasteiger charge is 2.36. The van der Waals surface area contributed by atoms with Crippen LogP contribution >= 0.6 is 0 Å². The quantitative estimate of drug-likeness (QED) is 0.423. The maximum atomic E-state index is 15.0. The number of nitrogens with one attached hydrogen (secondary N) is 2. The molecule has 37 heavy (non-hydrogen) atoms. The molecule has 3 heterocycles. The largest absolute Gasteiger partial charge is 0.573 e. The number of aromatic nitrogens is 2. The van der Waals surface area contributed by atoms with Gasteiger partial charge in [-0.05, 0) is 62.2 Å². The number of halogens is 4. The summed E-state index contributed by atoms with van der Waals surface area (Å²) in [5.74, 6) is -1.40. The first-order valence-corrected chi connectivity index (χ1v) is 11.7. The Balaban J connectivity index is 1.56. The third-order valence-electron chi connectivity index (χ3n) is 6.13. The van der Waals surface area contributed by atoms with Crippen LogP contribution in [0.15, 0.2) is 48.8 Å². The second-order valence-corrected chi connectivity index (χ2v) is 9.11. The second kappa shape index (κ2) is 9.55. The fraction of sp³-hybridized carbons (Fsp3) is 0.308. The van der Waals surface area contributed by atoms with Crippen molar-refractivity contribution in [2.75, 3.05) is 23.4 Å². The van der Waals surface area contributed by atoms with Gasteiger partial charge < -0.3 is 25.0 Å². The zero-order chi connectivity index (χ0) is 26.3. The highest BCUT2D eigenvalue weighted by Crippen LogP contribution is 2.47. The van der Waals surface area contributed by atoms with Gasteiger partial charge in [-0.2, -0.15) is 0 Å². The molecule has 11 heteroatoms. The first kappa shape index (κ1) is 24.8. The smallest absolute Gasteiger partial charge is 0.481 e. The van der Waals surface area contributed by atoms with Gasteiger partial charge in [0, 0.05) is 29.5 Å². The Morgan fingerprint density at radius 1 is 1.19 bits per heavy atom. The van der Waals surface area contributed by atoms with Crippen molar-refractivity contribution in [1.82, 2.24) is 15.3 Å². The molecule has 7 nitrogen and oxygen atoms in total. The van der Waals surface area contributed by atoms with Gasteiger partial charge in [-0.25, -0.2) is 14.4 Å². The van der Waals surface area contributed by atoms with Crippen molar-refractivity contribution in [3.63, 3.8) is 0 Å². The summed E-state index contributed by atoms with van der Waals surface area (Å²) in [5.41, 5.74) is 3.79. The zero-order valence-corrected chi connectivity index (χ0v) is 20.2. The van der Waals surface area contributed by atoms with Gasteiger partial charge in [0.2, 0.25) is 5.95 Å². The summed E-state index contributed by atoms with van der Waals surface area (Å²) in [6.07, 6.45) is -3.08. The molecular weight excluding hydrogens is 490 g/mol. The van der Waals surface area contributed by atoms with Gasteiger partial charge in [0.05, 0.1) is 11.9 Å². The van der Waals surface area contributed by atoms with Crippen molar-refractivity contribution < 1.29 is 27.0 Å². The van der Waals surface area contributed by atoms with Gasteiger partial charge >= 0.3 is 6.36 Å². The van der Waals surface area contributed by atoms with E-state index in [4.69, 9.17) is 4.74 Å². The first-order chi connectivity index (χ1) is 17.6. The molecule has 2 N–H and O–H groups in total. The van der Waals surface area contributed by atoms with E-state index in [-0.39, 0.29) is 41.3 Å². The lowest BCUT2D eigenvalue weighted by atomic mass is 10.0. The highest BCUT2D eigenvalue weighted by atomic mass is 19.4. The van der Waals surface area contributed by atoms with Gasteiger partial charge in [-0.15, -0.1) is 13.2 Å². The van der Waals surface area contributed by atoms with Gasteiger partial charge in [-0.3, -0.25) is 0 Å². The van der Waals surface area contributed by atoms with Gasteiger partial charge in [-0.1, -0.05) is 12.6 Å². The third kappa shape index (κ3) is 5.17. The predicted octanol–water partition coefficient (Wildman–Crippen LogP) is 5.69. The molecule has 194 valence electrons. The lowest BCUT2D eigenvalue weighted by Gasteiger charge is -2.37. The summed E-state index contributed by atoms with van der Waals surface area (Å²) in [4.78, 5) is 10.0. The molecule has 0 radical (unpaired) electrons. The lowest BCUT2D eigenvalue weighted by molar-refractivity contribution is -0.275. The fourth-order valence-electron chi connectivity index (χ4n) is 4.60. The monoisotopic (exact) mass is 515 g/mol. The van der Waals surface area contributed by atoms with Crippen LogP contribution in [-0.4, -0.2) is 35.5 Å².